The summed E-state index contributed by atoms with van der Waals surface area (Å²) in [7, 11) is 0. The fourth-order valence-corrected chi connectivity index (χ4v) is 3.29. The van der Waals surface area contributed by atoms with Crippen LogP contribution in [0.2, 0.25) is 0 Å². The van der Waals surface area contributed by atoms with Gasteiger partial charge in [0.1, 0.15) is 0 Å². The van der Waals surface area contributed by atoms with E-state index in [0.717, 1.165) is 48.4 Å². The minimum absolute atomic E-state index is 0. The lowest BCUT2D eigenvalue weighted by Crippen LogP contribution is -2.20. The van der Waals surface area contributed by atoms with Crippen molar-refractivity contribution in [1.82, 2.24) is 15.5 Å². The molecule has 1 heterocycles. The van der Waals surface area contributed by atoms with Crippen LogP contribution in [-0.2, 0) is 0 Å². The Hall–Kier alpha value is -2.37. The molecule has 156 valence electrons. The molecule has 0 atom stereocenters. The average molecular weight is 415 g/mol. The van der Waals surface area contributed by atoms with Crippen LogP contribution in [0.4, 0.5) is 5.69 Å². The van der Waals surface area contributed by atoms with E-state index in [1.54, 1.807) is 0 Å². The van der Waals surface area contributed by atoms with Crippen LogP contribution in [0.1, 0.15) is 33.1 Å². The number of aromatic amines is 1. The van der Waals surface area contributed by atoms with Crippen molar-refractivity contribution in [3.05, 3.63) is 58.9 Å². The van der Waals surface area contributed by atoms with Crippen molar-refractivity contribution in [2.75, 3.05) is 25.0 Å². The lowest BCUT2D eigenvalue weighted by Gasteiger charge is -2.10. The first-order valence-electron chi connectivity index (χ1n) is 10.2. The minimum atomic E-state index is -0.156. The molecule has 0 aliphatic carbocycles. The number of unbranched alkanes of at least 4 members (excludes halogenated alkanes) is 2. The molecule has 1 aromatic heterocycles. The van der Waals surface area contributed by atoms with Crippen LogP contribution in [0, 0.1) is 5.92 Å². The fraction of sp³-hybridized carbons (Fsp3) is 0.391. The number of nitrogens with zero attached hydrogens (tertiary/aromatic N) is 1. The molecule has 0 saturated heterocycles. The predicted molar refractivity (Wildman–Crippen MR) is 125 cm³/mol. The monoisotopic (exact) mass is 414 g/mol. The number of fused-ring (bicyclic) bond motifs is 1. The lowest BCUT2D eigenvalue weighted by molar-refractivity contribution is 0.532. The third kappa shape index (κ3) is 6.58. The van der Waals surface area contributed by atoms with E-state index in [2.05, 4.69) is 46.8 Å². The molecule has 0 aliphatic rings. The summed E-state index contributed by atoms with van der Waals surface area (Å²) in [6.45, 7) is 7.61. The van der Waals surface area contributed by atoms with Crippen LogP contribution in [0.25, 0.3) is 22.0 Å². The molecule has 0 fully saturated rings. The minimum Gasteiger partial charge on any atom is -0.385 e. The fourth-order valence-electron chi connectivity index (χ4n) is 3.29. The zero-order valence-electron chi connectivity index (χ0n) is 17.2. The maximum atomic E-state index is 12.0. The van der Waals surface area contributed by atoms with Crippen molar-refractivity contribution in [3.8, 4) is 11.3 Å². The van der Waals surface area contributed by atoms with E-state index in [1.165, 1.54) is 12.8 Å². The summed E-state index contributed by atoms with van der Waals surface area (Å²) < 4.78 is 0. The van der Waals surface area contributed by atoms with Gasteiger partial charge in [0, 0.05) is 23.2 Å². The molecule has 0 spiro atoms. The molecule has 0 amide bonds. The molecule has 6 heteroatoms. The summed E-state index contributed by atoms with van der Waals surface area (Å²) in [5.74, 6) is 0.711. The van der Waals surface area contributed by atoms with Gasteiger partial charge in [-0.2, -0.15) is 5.10 Å². The molecule has 3 N–H and O–H groups in total. The highest BCUT2D eigenvalue weighted by atomic mass is 35.5. The van der Waals surface area contributed by atoms with Crippen molar-refractivity contribution in [2.45, 2.75) is 33.1 Å². The van der Waals surface area contributed by atoms with Crippen LogP contribution in [0.15, 0.2) is 53.3 Å². The highest BCUT2D eigenvalue weighted by Gasteiger charge is 2.08. The molecule has 29 heavy (non-hydrogen) atoms. The molecule has 0 aliphatic heterocycles. The number of H-pyrrole nitrogens is 1. The second kappa shape index (κ2) is 11.6. The highest BCUT2D eigenvalue weighted by Crippen LogP contribution is 2.26. The summed E-state index contributed by atoms with van der Waals surface area (Å²) in [5, 5.41) is 15.4. The zero-order chi connectivity index (χ0) is 19.8. The van der Waals surface area contributed by atoms with E-state index in [-0.39, 0.29) is 18.0 Å². The Kier molecular flexibility index (Phi) is 9.16. The molecular formula is C23H31ClN4O. The third-order valence-corrected chi connectivity index (χ3v) is 4.74. The molecular weight excluding hydrogens is 384 g/mol. The van der Waals surface area contributed by atoms with Gasteiger partial charge in [-0.25, -0.2) is 5.10 Å². The van der Waals surface area contributed by atoms with Crippen LogP contribution < -0.4 is 16.2 Å². The smallest absolute Gasteiger partial charge is 0.272 e. The second-order valence-corrected chi connectivity index (χ2v) is 7.61. The summed E-state index contributed by atoms with van der Waals surface area (Å²) >= 11 is 0. The summed E-state index contributed by atoms with van der Waals surface area (Å²) in [6.07, 6.45) is 3.57. The SMILES string of the molecule is CC(C)CNCCCCCNc1cccc(-c2n[nH]c(=O)c3ccccc23)c1.Cl. The number of rotatable bonds is 10. The number of anilines is 1. The van der Waals surface area contributed by atoms with Gasteiger partial charge in [-0.1, -0.05) is 50.6 Å². The largest absolute Gasteiger partial charge is 0.385 e. The van der Waals surface area contributed by atoms with Crippen molar-refractivity contribution >= 4 is 28.9 Å². The van der Waals surface area contributed by atoms with Crippen molar-refractivity contribution in [2.24, 2.45) is 5.92 Å². The Morgan fingerprint density at radius 2 is 1.72 bits per heavy atom. The van der Waals surface area contributed by atoms with Crippen molar-refractivity contribution < 1.29 is 0 Å². The predicted octanol–water partition coefficient (Wildman–Crippen LogP) is 4.84. The van der Waals surface area contributed by atoms with E-state index in [9.17, 15) is 4.79 Å². The van der Waals surface area contributed by atoms with E-state index in [0.29, 0.717) is 11.3 Å². The first-order chi connectivity index (χ1) is 13.6. The van der Waals surface area contributed by atoms with Gasteiger partial charge in [-0.15, -0.1) is 12.4 Å². The average Bonchev–Trinajstić information content (AvgIpc) is 2.70. The van der Waals surface area contributed by atoms with E-state index < -0.39 is 0 Å². The van der Waals surface area contributed by atoms with Gasteiger partial charge in [-0.3, -0.25) is 4.79 Å². The Morgan fingerprint density at radius 1 is 0.966 bits per heavy atom. The number of nitrogens with one attached hydrogen (secondary N) is 3. The molecule has 2 aromatic carbocycles. The van der Waals surface area contributed by atoms with Crippen molar-refractivity contribution in [3.63, 3.8) is 0 Å². The van der Waals surface area contributed by atoms with Gasteiger partial charge in [0.15, 0.2) is 0 Å². The van der Waals surface area contributed by atoms with Gasteiger partial charge in [0.2, 0.25) is 0 Å². The molecule has 0 bridgehead atoms. The Morgan fingerprint density at radius 3 is 2.52 bits per heavy atom. The topological polar surface area (TPSA) is 69.8 Å². The maximum Gasteiger partial charge on any atom is 0.272 e. The first-order valence-corrected chi connectivity index (χ1v) is 10.2. The molecule has 0 radical (unpaired) electrons. The van der Waals surface area contributed by atoms with E-state index >= 15 is 0 Å². The summed E-state index contributed by atoms with van der Waals surface area (Å²) in [4.78, 5) is 12.0. The Bertz CT molecular complexity index is 955. The number of halogens is 1. The number of aromatic nitrogens is 2. The van der Waals surface area contributed by atoms with Gasteiger partial charge in [0.05, 0.1) is 11.1 Å². The van der Waals surface area contributed by atoms with Gasteiger partial charge in [-0.05, 0) is 50.0 Å². The Labute approximate surface area is 178 Å². The van der Waals surface area contributed by atoms with Crippen LogP contribution in [0.3, 0.4) is 0 Å². The second-order valence-electron chi connectivity index (χ2n) is 7.61. The van der Waals surface area contributed by atoms with E-state index in [1.807, 2.05) is 36.4 Å². The number of benzene rings is 2. The third-order valence-electron chi connectivity index (χ3n) is 4.74. The van der Waals surface area contributed by atoms with E-state index in [4.69, 9.17) is 0 Å². The van der Waals surface area contributed by atoms with Crippen LogP contribution in [-0.4, -0.2) is 29.8 Å². The van der Waals surface area contributed by atoms with Gasteiger partial charge < -0.3 is 10.6 Å². The summed E-state index contributed by atoms with van der Waals surface area (Å²) in [5.41, 5.74) is 2.72. The quantitative estimate of drug-likeness (QED) is 0.415. The normalized spacial score (nSPS) is 10.9. The molecule has 3 aromatic rings. The van der Waals surface area contributed by atoms with Gasteiger partial charge in [0.25, 0.3) is 5.56 Å². The molecule has 3 rings (SSSR count). The van der Waals surface area contributed by atoms with Crippen LogP contribution in [0.5, 0.6) is 0 Å². The number of hydrogen-bond acceptors (Lipinski definition) is 4. The molecule has 0 saturated carbocycles. The lowest BCUT2D eigenvalue weighted by atomic mass is 10.0. The van der Waals surface area contributed by atoms with Crippen molar-refractivity contribution in [1.29, 1.82) is 0 Å². The summed E-state index contributed by atoms with van der Waals surface area (Å²) in [6, 6.07) is 15.8. The molecule has 5 nitrogen and oxygen atoms in total. The standard InChI is InChI=1S/C23H30N4O.ClH/c1-17(2)16-24-13-6-3-7-14-25-19-10-8-9-18(15-19)22-20-11-4-5-12-21(20)23(28)27-26-22;/h4-5,8-12,15,17,24-25H,3,6-7,13-14,16H2,1-2H3,(H,27,28);1H. The van der Waals surface area contributed by atoms with Crippen LogP contribution >= 0.6 is 12.4 Å². The Balaban J connectivity index is 0.00000300. The highest BCUT2D eigenvalue weighted by molar-refractivity contribution is 5.94. The first kappa shape index (κ1) is 22.9. The number of hydrogen-bond donors (Lipinski definition) is 3. The van der Waals surface area contributed by atoms with Gasteiger partial charge >= 0.3 is 0 Å². The molecule has 0 unspecified atom stereocenters. The maximum absolute atomic E-state index is 12.0. The zero-order valence-corrected chi connectivity index (χ0v) is 18.0.